The smallest absolute Gasteiger partial charge is 0.148 e. The first-order valence-electron chi connectivity index (χ1n) is 6.25. The maximum Gasteiger partial charge on any atom is 0.148 e. The SMILES string of the molecule is CS(=O)(=O)CCN1CCCC(Cn2cncn2)C1. The van der Waals surface area contributed by atoms with Crippen LogP contribution in [0.25, 0.3) is 0 Å². The Morgan fingerprint density at radius 2 is 2.28 bits per heavy atom. The van der Waals surface area contributed by atoms with Crippen molar-refractivity contribution in [3.63, 3.8) is 0 Å². The van der Waals surface area contributed by atoms with Crippen molar-refractivity contribution in [1.29, 1.82) is 0 Å². The number of sulfone groups is 1. The summed E-state index contributed by atoms with van der Waals surface area (Å²) in [5.41, 5.74) is 0. The lowest BCUT2D eigenvalue weighted by atomic mass is 9.98. The average molecular weight is 272 g/mol. The van der Waals surface area contributed by atoms with E-state index in [1.807, 2.05) is 4.68 Å². The Morgan fingerprint density at radius 3 is 2.94 bits per heavy atom. The maximum absolute atomic E-state index is 11.2. The molecule has 1 atom stereocenters. The number of hydrogen-bond acceptors (Lipinski definition) is 5. The highest BCUT2D eigenvalue weighted by Gasteiger charge is 2.21. The van der Waals surface area contributed by atoms with E-state index >= 15 is 0 Å². The molecule has 0 amide bonds. The molecular formula is C11H20N4O2S. The van der Waals surface area contributed by atoms with E-state index in [9.17, 15) is 8.42 Å². The minimum absolute atomic E-state index is 0.253. The van der Waals surface area contributed by atoms with Crippen molar-refractivity contribution in [2.75, 3.05) is 31.6 Å². The fourth-order valence-corrected chi connectivity index (χ4v) is 2.98. The number of hydrogen-bond donors (Lipinski definition) is 0. The summed E-state index contributed by atoms with van der Waals surface area (Å²) in [5.74, 6) is 0.795. The van der Waals surface area contributed by atoms with E-state index in [0.717, 1.165) is 26.1 Å². The number of likely N-dealkylation sites (tertiary alicyclic amines) is 1. The Morgan fingerprint density at radius 1 is 1.44 bits per heavy atom. The fraction of sp³-hybridized carbons (Fsp3) is 0.818. The molecule has 1 aliphatic heterocycles. The monoisotopic (exact) mass is 272 g/mol. The van der Waals surface area contributed by atoms with Crippen LogP contribution in [-0.4, -0.2) is 59.7 Å². The van der Waals surface area contributed by atoms with E-state index < -0.39 is 9.84 Å². The molecule has 1 saturated heterocycles. The largest absolute Gasteiger partial charge is 0.302 e. The molecule has 2 rings (SSSR count). The summed E-state index contributed by atoms with van der Waals surface area (Å²) >= 11 is 0. The molecule has 0 radical (unpaired) electrons. The van der Waals surface area contributed by atoms with E-state index in [-0.39, 0.29) is 5.75 Å². The van der Waals surface area contributed by atoms with Gasteiger partial charge in [0.15, 0.2) is 0 Å². The van der Waals surface area contributed by atoms with Crippen molar-refractivity contribution in [1.82, 2.24) is 19.7 Å². The van der Waals surface area contributed by atoms with Crippen LogP contribution in [0.5, 0.6) is 0 Å². The van der Waals surface area contributed by atoms with Crippen LogP contribution in [0, 0.1) is 5.92 Å². The van der Waals surface area contributed by atoms with Gasteiger partial charge in [-0.2, -0.15) is 5.10 Å². The van der Waals surface area contributed by atoms with Gasteiger partial charge < -0.3 is 4.90 Å². The van der Waals surface area contributed by atoms with Crippen molar-refractivity contribution in [2.24, 2.45) is 5.92 Å². The van der Waals surface area contributed by atoms with Gasteiger partial charge in [0, 0.05) is 25.9 Å². The quantitative estimate of drug-likeness (QED) is 0.757. The molecule has 102 valence electrons. The number of rotatable bonds is 5. The molecule has 6 nitrogen and oxygen atoms in total. The Kier molecular flexibility index (Phi) is 4.34. The van der Waals surface area contributed by atoms with E-state index in [0.29, 0.717) is 12.5 Å². The number of piperidine rings is 1. The first-order chi connectivity index (χ1) is 8.53. The minimum Gasteiger partial charge on any atom is -0.302 e. The second-order valence-electron chi connectivity index (χ2n) is 5.06. The summed E-state index contributed by atoms with van der Waals surface area (Å²) < 4.78 is 24.2. The predicted octanol–water partition coefficient (Wildman–Crippen LogP) is 0.0347. The first kappa shape index (κ1) is 13.5. The van der Waals surface area contributed by atoms with Crippen LogP contribution in [0.1, 0.15) is 12.8 Å². The highest BCUT2D eigenvalue weighted by molar-refractivity contribution is 7.90. The van der Waals surface area contributed by atoms with Crippen LogP contribution >= 0.6 is 0 Å². The molecule has 1 aromatic rings. The van der Waals surface area contributed by atoms with Gasteiger partial charge in [-0.05, 0) is 25.3 Å². The molecule has 0 N–H and O–H groups in total. The van der Waals surface area contributed by atoms with Gasteiger partial charge in [0.25, 0.3) is 0 Å². The fourth-order valence-electron chi connectivity index (χ4n) is 2.39. The van der Waals surface area contributed by atoms with Crippen LogP contribution in [0.15, 0.2) is 12.7 Å². The van der Waals surface area contributed by atoms with E-state index in [4.69, 9.17) is 0 Å². The zero-order valence-electron chi connectivity index (χ0n) is 10.7. The predicted molar refractivity (Wildman–Crippen MR) is 68.9 cm³/mol. The highest BCUT2D eigenvalue weighted by atomic mass is 32.2. The van der Waals surface area contributed by atoms with Gasteiger partial charge in [-0.3, -0.25) is 4.68 Å². The van der Waals surface area contributed by atoms with Crippen molar-refractivity contribution < 1.29 is 8.42 Å². The molecule has 1 fully saturated rings. The first-order valence-corrected chi connectivity index (χ1v) is 8.31. The average Bonchev–Trinajstić information content (AvgIpc) is 2.79. The summed E-state index contributed by atoms with van der Waals surface area (Å²) in [7, 11) is -2.86. The molecule has 0 saturated carbocycles. The molecule has 1 aromatic heterocycles. The molecule has 1 unspecified atom stereocenters. The Labute approximate surface area is 108 Å². The third-order valence-electron chi connectivity index (χ3n) is 3.29. The molecule has 0 aromatic carbocycles. The van der Waals surface area contributed by atoms with E-state index in [2.05, 4.69) is 15.0 Å². The Bertz CT molecular complexity index is 457. The maximum atomic E-state index is 11.2. The summed E-state index contributed by atoms with van der Waals surface area (Å²) in [6.07, 6.45) is 6.88. The molecule has 18 heavy (non-hydrogen) atoms. The van der Waals surface area contributed by atoms with Crippen molar-refractivity contribution in [2.45, 2.75) is 19.4 Å². The summed E-state index contributed by atoms with van der Waals surface area (Å²) in [6, 6.07) is 0. The standard InChI is InChI=1S/C11H20N4O2S/c1-18(16,17)6-5-14-4-2-3-11(7-14)8-15-10-12-9-13-15/h9-11H,2-8H2,1H3. The molecule has 1 aliphatic rings. The molecular weight excluding hydrogens is 252 g/mol. The summed E-state index contributed by atoms with van der Waals surface area (Å²) in [5, 5.41) is 4.11. The third kappa shape index (κ3) is 4.38. The zero-order valence-corrected chi connectivity index (χ0v) is 11.5. The zero-order chi connectivity index (χ0) is 13.0. The van der Waals surface area contributed by atoms with Gasteiger partial charge in [0.1, 0.15) is 22.5 Å². The van der Waals surface area contributed by atoms with Crippen molar-refractivity contribution >= 4 is 9.84 Å². The van der Waals surface area contributed by atoms with Crippen LogP contribution in [0.2, 0.25) is 0 Å². The van der Waals surface area contributed by atoms with Gasteiger partial charge in [-0.1, -0.05) is 0 Å². The van der Waals surface area contributed by atoms with Crippen molar-refractivity contribution in [3.8, 4) is 0 Å². The normalized spacial score (nSPS) is 22.2. The van der Waals surface area contributed by atoms with Gasteiger partial charge in [-0.15, -0.1) is 0 Å². The van der Waals surface area contributed by atoms with E-state index in [1.54, 1.807) is 12.7 Å². The second-order valence-corrected chi connectivity index (χ2v) is 7.32. The molecule has 0 aliphatic carbocycles. The topological polar surface area (TPSA) is 68.1 Å². The number of aromatic nitrogens is 3. The summed E-state index contributed by atoms with van der Waals surface area (Å²) in [6.45, 7) is 3.47. The lowest BCUT2D eigenvalue weighted by Gasteiger charge is -2.32. The van der Waals surface area contributed by atoms with Gasteiger partial charge in [0.2, 0.25) is 0 Å². The molecule has 0 bridgehead atoms. The Hall–Kier alpha value is -0.950. The highest BCUT2D eigenvalue weighted by Crippen LogP contribution is 2.17. The lowest BCUT2D eigenvalue weighted by Crippen LogP contribution is -2.39. The molecule has 7 heteroatoms. The second kappa shape index (κ2) is 5.79. The third-order valence-corrected chi connectivity index (χ3v) is 4.22. The van der Waals surface area contributed by atoms with Gasteiger partial charge in [-0.25, -0.2) is 13.4 Å². The molecule has 0 spiro atoms. The Balaban J connectivity index is 1.81. The van der Waals surface area contributed by atoms with Crippen LogP contribution in [0.4, 0.5) is 0 Å². The lowest BCUT2D eigenvalue weighted by molar-refractivity contribution is 0.167. The number of nitrogens with zero attached hydrogens (tertiary/aromatic N) is 4. The van der Waals surface area contributed by atoms with Crippen molar-refractivity contribution in [3.05, 3.63) is 12.7 Å². The molecule has 2 heterocycles. The minimum atomic E-state index is -2.86. The van der Waals surface area contributed by atoms with Crippen LogP contribution in [0.3, 0.4) is 0 Å². The van der Waals surface area contributed by atoms with Gasteiger partial charge >= 0.3 is 0 Å². The van der Waals surface area contributed by atoms with Crippen LogP contribution in [-0.2, 0) is 16.4 Å². The van der Waals surface area contributed by atoms with Crippen LogP contribution < -0.4 is 0 Å². The van der Waals surface area contributed by atoms with Gasteiger partial charge in [0.05, 0.1) is 5.75 Å². The van der Waals surface area contributed by atoms with E-state index in [1.165, 1.54) is 12.7 Å². The summed E-state index contributed by atoms with van der Waals surface area (Å²) in [4.78, 5) is 6.18.